The van der Waals surface area contributed by atoms with Crippen LogP contribution in [-0.4, -0.2) is 47.7 Å². The first-order valence-electron chi connectivity index (χ1n) is 6.42. The number of nitrogens with zero attached hydrogens (tertiary/aromatic N) is 4. The van der Waals surface area contributed by atoms with E-state index < -0.39 is 0 Å². The maximum Gasteiger partial charge on any atom is 0.307 e. The molecule has 9 heteroatoms. The van der Waals surface area contributed by atoms with Crippen LogP contribution in [0.1, 0.15) is 20.3 Å². The van der Waals surface area contributed by atoms with Crippen LogP contribution in [0.3, 0.4) is 0 Å². The maximum atomic E-state index is 11.0. The second-order valence-electron chi connectivity index (χ2n) is 3.85. The molecule has 1 aromatic rings. The van der Waals surface area contributed by atoms with Crippen LogP contribution in [0.25, 0.3) is 0 Å². The van der Waals surface area contributed by atoms with Gasteiger partial charge in [-0.3, -0.25) is 10.2 Å². The van der Waals surface area contributed by atoms with Crippen LogP contribution in [0.4, 0.5) is 17.8 Å². The molecule has 0 spiro atoms. The summed E-state index contributed by atoms with van der Waals surface area (Å²) >= 11 is 0. The summed E-state index contributed by atoms with van der Waals surface area (Å²) in [6.45, 7) is 5.93. The van der Waals surface area contributed by atoms with Gasteiger partial charge in [0.1, 0.15) is 0 Å². The molecule has 0 aromatic carbocycles. The number of nitrogens with one attached hydrogen (secondary N) is 2. The van der Waals surface area contributed by atoms with Crippen molar-refractivity contribution in [1.29, 1.82) is 0 Å². The van der Waals surface area contributed by atoms with Crippen LogP contribution in [0.2, 0.25) is 0 Å². The molecule has 0 saturated heterocycles. The smallest absolute Gasteiger partial charge is 0.307 e. The predicted octanol–water partition coefficient (Wildman–Crippen LogP) is -0.0216. The molecule has 20 heavy (non-hydrogen) atoms. The zero-order valence-corrected chi connectivity index (χ0v) is 12.0. The number of carbonyl (C=O) groups is 1. The second-order valence-corrected chi connectivity index (χ2v) is 3.85. The monoisotopic (exact) mass is 283 g/mol. The molecule has 0 fully saturated rings. The van der Waals surface area contributed by atoms with Gasteiger partial charge in [-0.15, -0.1) is 0 Å². The molecule has 0 radical (unpaired) electrons. The molecule has 9 nitrogen and oxygen atoms in total. The van der Waals surface area contributed by atoms with Gasteiger partial charge in [0.05, 0.1) is 13.5 Å². The van der Waals surface area contributed by atoms with E-state index in [1.54, 1.807) is 0 Å². The number of aromatic nitrogens is 3. The summed E-state index contributed by atoms with van der Waals surface area (Å²) < 4.78 is 4.56. The van der Waals surface area contributed by atoms with E-state index in [9.17, 15) is 4.79 Å². The minimum absolute atomic E-state index is 0.230. The van der Waals surface area contributed by atoms with Gasteiger partial charge in [0.2, 0.25) is 17.8 Å². The van der Waals surface area contributed by atoms with Crippen LogP contribution >= 0.6 is 0 Å². The zero-order valence-electron chi connectivity index (χ0n) is 12.0. The SMILES string of the molecule is CCN(CC)c1nc(NN)nc(NCCC(=O)OC)n1. The molecule has 0 amide bonds. The summed E-state index contributed by atoms with van der Waals surface area (Å²) in [5, 5.41) is 2.94. The number of hydrazine groups is 1. The van der Waals surface area contributed by atoms with Crippen molar-refractivity contribution in [1.82, 2.24) is 15.0 Å². The molecule has 112 valence electrons. The minimum atomic E-state index is -0.298. The molecule has 0 saturated carbocycles. The van der Waals surface area contributed by atoms with Crippen molar-refractivity contribution >= 4 is 23.8 Å². The Morgan fingerprint density at radius 2 is 1.90 bits per heavy atom. The Morgan fingerprint density at radius 3 is 2.45 bits per heavy atom. The third-order valence-electron chi connectivity index (χ3n) is 2.64. The van der Waals surface area contributed by atoms with Crippen molar-refractivity contribution in [3.63, 3.8) is 0 Å². The van der Waals surface area contributed by atoms with Crippen molar-refractivity contribution < 1.29 is 9.53 Å². The predicted molar refractivity (Wildman–Crippen MR) is 76.3 cm³/mol. The normalized spacial score (nSPS) is 10.0. The minimum Gasteiger partial charge on any atom is -0.469 e. The van der Waals surface area contributed by atoms with E-state index in [1.807, 2.05) is 18.7 Å². The lowest BCUT2D eigenvalue weighted by Gasteiger charge is -2.19. The standard InChI is InChI=1S/C11H21N7O2/c1-4-18(5-2)11-15-9(14-10(16-11)17-12)13-7-6-8(19)20-3/h4-7,12H2,1-3H3,(H2,13,14,15,16,17). The van der Waals surface area contributed by atoms with Crippen LogP contribution in [0.5, 0.6) is 0 Å². The topological polar surface area (TPSA) is 118 Å². The molecule has 4 N–H and O–H groups in total. The van der Waals surface area contributed by atoms with Gasteiger partial charge >= 0.3 is 5.97 Å². The van der Waals surface area contributed by atoms with Crippen LogP contribution in [0.15, 0.2) is 0 Å². The van der Waals surface area contributed by atoms with Crippen molar-refractivity contribution in [3.05, 3.63) is 0 Å². The second kappa shape index (κ2) is 8.10. The van der Waals surface area contributed by atoms with Gasteiger partial charge in [0, 0.05) is 19.6 Å². The number of nitrogen functional groups attached to an aromatic ring is 1. The highest BCUT2D eigenvalue weighted by atomic mass is 16.5. The molecule has 0 atom stereocenters. The lowest BCUT2D eigenvalue weighted by molar-refractivity contribution is -0.140. The summed E-state index contributed by atoms with van der Waals surface area (Å²) in [6.07, 6.45) is 0.230. The molecule has 0 aliphatic carbocycles. The highest BCUT2D eigenvalue weighted by Gasteiger charge is 2.10. The van der Waals surface area contributed by atoms with Gasteiger partial charge in [-0.25, -0.2) is 5.84 Å². The van der Waals surface area contributed by atoms with E-state index in [-0.39, 0.29) is 18.3 Å². The Morgan fingerprint density at radius 1 is 1.25 bits per heavy atom. The fourth-order valence-electron chi connectivity index (χ4n) is 1.53. The number of ether oxygens (including phenoxy) is 1. The summed E-state index contributed by atoms with van der Waals surface area (Å²) in [5.41, 5.74) is 2.40. The van der Waals surface area contributed by atoms with Gasteiger partial charge in [-0.1, -0.05) is 0 Å². The third kappa shape index (κ3) is 4.50. The number of rotatable bonds is 8. The first kappa shape index (κ1) is 15.9. The first-order valence-corrected chi connectivity index (χ1v) is 6.42. The third-order valence-corrected chi connectivity index (χ3v) is 2.64. The molecule has 1 rings (SSSR count). The molecule has 0 bridgehead atoms. The fraction of sp³-hybridized carbons (Fsp3) is 0.636. The van der Waals surface area contributed by atoms with Gasteiger partial charge in [0.25, 0.3) is 0 Å². The number of hydrogen-bond donors (Lipinski definition) is 3. The average molecular weight is 283 g/mol. The average Bonchev–Trinajstić information content (AvgIpc) is 2.48. The lowest BCUT2D eigenvalue weighted by atomic mass is 10.4. The first-order chi connectivity index (χ1) is 9.64. The number of nitrogens with two attached hydrogens (primary N) is 1. The molecular weight excluding hydrogens is 262 g/mol. The van der Waals surface area contributed by atoms with E-state index in [0.717, 1.165) is 13.1 Å². The molecule has 0 aliphatic rings. The van der Waals surface area contributed by atoms with Gasteiger partial charge in [-0.2, -0.15) is 15.0 Å². The number of esters is 1. The Hall–Kier alpha value is -2.16. The number of hydrogen-bond acceptors (Lipinski definition) is 9. The van der Waals surface area contributed by atoms with E-state index in [4.69, 9.17) is 5.84 Å². The van der Waals surface area contributed by atoms with Crippen molar-refractivity contribution in [2.75, 3.05) is 42.4 Å². The largest absolute Gasteiger partial charge is 0.469 e. The summed E-state index contributed by atoms with van der Waals surface area (Å²) in [5.74, 6) is 6.20. The molecule has 1 aromatic heterocycles. The van der Waals surface area contributed by atoms with Crippen LogP contribution in [-0.2, 0) is 9.53 Å². The summed E-state index contributed by atoms with van der Waals surface area (Å²) in [4.78, 5) is 25.6. The van der Waals surface area contributed by atoms with E-state index >= 15 is 0 Å². The Kier molecular flexibility index (Phi) is 6.44. The van der Waals surface area contributed by atoms with Gasteiger partial charge in [0.15, 0.2) is 0 Å². The number of anilines is 3. The van der Waals surface area contributed by atoms with E-state index in [1.165, 1.54) is 7.11 Å². The Labute approximate surface area is 117 Å². The Bertz CT molecular complexity index is 437. The quantitative estimate of drug-likeness (QED) is 0.343. The fourth-order valence-corrected chi connectivity index (χ4v) is 1.53. The van der Waals surface area contributed by atoms with Crippen LogP contribution in [0, 0.1) is 0 Å². The van der Waals surface area contributed by atoms with E-state index in [2.05, 4.69) is 30.4 Å². The molecule has 1 heterocycles. The number of methoxy groups -OCH3 is 1. The molecule has 0 aliphatic heterocycles. The lowest BCUT2D eigenvalue weighted by Crippen LogP contribution is -2.26. The summed E-state index contributed by atoms with van der Waals surface area (Å²) in [7, 11) is 1.35. The zero-order chi connectivity index (χ0) is 15.0. The number of carbonyl (C=O) groups excluding carboxylic acids is 1. The van der Waals surface area contributed by atoms with Gasteiger partial charge in [-0.05, 0) is 13.8 Å². The van der Waals surface area contributed by atoms with Crippen LogP contribution < -0.4 is 21.5 Å². The van der Waals surface area contributed by atoms with Gasteiger partial charge < -0.3 is 15.0 Å². The Balaban J connectivity index is 2.79. The highest BCUT2D eigenvalue weighted by Crippen LogP contribution is 2.12. The maximum absolute atomic E-state index is 11.0. The molecular formula is C11H21N7O2. The highest BCUT2D eigenvalue weighted by molar-refractivity contribution is 5.69. The molecule has 0 unspecified atom stereocenters. The van der Waals surface area contributed by atoms with Crippen molar-refractivity contribution in [2.45, 2.75) is 20.3 Å². The van der Waals surface area contributed by atoms with E-state index in [0.29, 0.717) is 18.4 Å². The summed E-state index contributed by atoms with van der Waals surface area (Å²) in [6, 6.07) is 0. The van der Waals surface area contributed by atoms with Crippen molar-refractivity contribution in [3.8, 4) is 0 Å². The van der Waals surface area contributed by atoms with Crippen molar-refractivity contribution in [2.24, 2.45) is 5.84 Å².